The third kappa shape index (κ3) is 4.59. The lowest BCUT2D eigenvalue weighted by atomic mass is 9.82. The van der Waals surface area contributed by atoms with Crippen molar-refractivity contribution in [2.24, 2.45) is 11.8 Å². The molecule has 6 heteroatoms. The van der Waals surface area contributed by atoms with Crippen molar-refractivity contribution >= 4 is 12.0 Å². The number of carboxylic acid groups (broad SMARTS) is 1. The minimum atomic E-state index is -0.684. The fourth-order valence-corrected chi connectivity index (χ4v) is 3.27. The van der Waals surface area contributed by atoms with Crippen LogP contribution in [0.25, 0.3) is 0 Å². The lowest BCUT2D eigenvalue weighted by molar-refractivity contribution is -0.143. The monoisotopic (exact) mass is 298 g/mol. The summed E-state index contributed by atoms with van der Waals surface area (Å²) >= 11 is 0. The molecule has 0 aromatic rings. The van der Waals surface area contributed by atoms with Gasteiger partial charge in [0.25, 0.3) is 0 Å². The topological polar surface area (TPSA) is 78.9 Å². The van der Waals surface area contributed by atoms with Crippen LogP contribution in [0, 0.1) is 11.8 Å². The number of nitrogens with zero attached hydrogens (tertiary/aromatic N) is 1. The molecule has 1 heterocycles. The van der Waals surface area contributed by atoms with E-state index in [-0.39, 0.29) is 18.1 Å². The van der Waals surface area contributed by atoms with Gasteiger partial charge in [-0.3, -0.25) is 4.79 Å². The predicted octanol–water partition coefficient (Wildman–Crippen LogP) is 1.70. The van der Waals surface area contributed by atoms with Crippen molar-refractivity contribution in [1.82, 2.24) is 10.2 Å². The first-order valence-electron chi connectivity index (χ1n) is 7.88. The molecule has 1 atom stereocenters. The normalized spacial score (nSPS) is 30.0. The number of urea groups is 1. The number of piperidine rings is 1. The molecule has 0 aromatic heterocycles. The van der Waals surface area contributed by atoms with Gasteiger partial charge in [0.15, 0.2) is 0 Å². The molecule has 1 aliphatic heterocycles. The minimum absolute atomic E-state index is 0.0166. The van der Waals surface area contributed by atoms with Crippen molar-refractivity contribution in [3.8, 4) is 0 Å². The maximum atomic E-state index is 12.1. The first-order chi connectivity index (χ1) is 10.1. The van der Waals surface area contributed by atoms with Gasteiger partial charge in [0.05, 0.1) is 12.0 Å². The molecule has 1 saturated carbocycles. The van der Waals surface area contributed by atoms with Crippen LogP contribution >= 0.6 is 0 Å². The van der Waals surface area contributed by atoms with Gasteiger partial charge in [-0.1, -0.05) is 0 Å². The van der Waals surface area contributed by atoms with E-state index in [0.29, 0.717) is 19.0 Å². The van der Waals surface area contributed by atoms with Crippen LogP contribution in [-0.4, -0.2) is 54.9 Å². The highest BCUT2D eigenvalue weighted by Crippen LogP contribution is 2.28. The van der Waals surface area contributed by atoms with Crippen LogP contribution in [0.15, 0.2) is 0 Å². The van der Waals surface area contributed by atoms with Crippen molar-refractivity contribution < 1.29 is 19.4 Å². The highest BCUT2D eigenvalue weighted by Gasteiger charge is 2.27. The zero-order valence-corrected chi connectivity index (χ0v) is 12.7. The number of amides is 2. The summed E-state index contributed by atoms with van der Waals surface area (Å²) in [5.74, 6) is -0.467. The number of hydrogen-bond acceptors (Lipinski definition) is 3. The average molecular weight is 298 g/mol. The van der Waals surface area contributed by atoms with Crippen LogP contribution in [0.1, 0.15) is 38.5 Å². The molecule has 2 amide bonds. The molecular formula is C15H26N2O4. The van der Waals surface area contributed by atoms with Gasteiger partial charge in [-0.15, -0.1) is 0 Å². The van der Waals surface area contributed by atoms with Gasteiger partial charge in [0.1, 0.15) is 0 Å². The Bertz CT molecular complexity index is 367. The highest BCUT2D eigenvalue weighted by atomic mass is 16.5. The van der Waals surface area contributed by atoms with E-state index < -0.39 is 5.97 Å². The van der Waals surface area contributed by atoms with Crippen molar-refractivity contribution in [1.29, 1.82) is 0 Å². The van der Waals surface area contributed by atoms with Gasteiger partial charge in [0, 0.05) is 26.7 Å². The number of carboxylic acids is 1. The first-order valence-corrected chi connectivity index (χ1v) is 7.88. The van der Waals surface area contributed by atoms with Gasteiger partial charge in [0.2, 0.25) is 0 Å². The summed E-state index contributed by atoms with van der Waals surface area (Å²) in [6.45, 7) is 2.10. The summed E-state index contributed by atoms with van der Waals surface area (Å²) in [6, 6.07) is -0.0166. The van der Waals surface area contributed by atoms with E-state index >= 15 is 0 Å². The van der Waals surface area contributed by atoms with Crippen LogP contribution < -0.4 is 5.32 Å². The van der Waals surface area contributed by atoms with Crippen LogP contribution in [-0.2, 0) is 9.53 Å². The molecule has 1 aliphatic carbocycles. The van der Waals surface area contributed by atoms with Gasteiger partial charge < -0.3 is 20.1 Å². The lowest BCUT2D eigenvalue weighted by Crippen LogP contribution is -2.48. The molecule has 0 spiro atoms. The Morgan fingerprint density at radius 1 is 1.24 bits per heavy atom. The summed E-state index contributed by atoms with van der Waals surface area (Å²) in [4.78, 5) is 24.9. The van der Waals surface area contributed by atoms with Gasteiger partial charge >= 0.3 is 12.0 Å². The number of nitrogens with one attached hydrogen (secondary N) is 1. The molecule has 1 unspecified atom stereocenters. The number of carbonyl (C=O) groups is 2. The molecule has 2 aliphatic rings. The van der Waals surface area contributed by atoms with Crippen LogP contribution in [0.3, 0.4) is 0 Å². The Labute approximate surface area is 125 Å². The van der Waals surface area contributed by atoms with E-state index in [1.165, 1.54) is 0 Å². The first kappa shape index (κ1) is 16.1. The van der Waals surface area contributed by atoms with Crippen molar-refractivity contribution in [3.05, 3.63) is 0 Å². The van der Waals surface area contributed by atoms with E-state index in [1.54, 1.807) is 7.11 Å². The quantitative estimate of drug-likeness (QED) is 0.828. The zero-order valence-electron chi connectivity index (χ0n) is 12.7. The number of hydrogen-bond donors (Lipinski definition) is 2. The molecular weight excluding hydrogens is 272 g/mol. The predicted molar refractivity (Wildman–Crippen MR) is 78.1 cm³/mol. The smallest absolute Gasteiger partial charge is 0.317 e. The number of methoxy groups -OCH3 is 1. The summed E-state index contributed by atoms with van der Waals surface area (Å²) in [6.07, 6.45) is 5.37. The highest BCUT2D eigenvalue weighted by molar-refractivity contribution is 5.74. The van der Waals surface area contributed by atoms with E-state index in [4.69, 9.17) is 9.84 Å². The maximum absolute atomic E-state index is 12.1. The average Bonchev–Trinajstić information content (AvgIpc) is 2.53. The summed E-state index contributed by atoms with van der Waals surface area (Å²) in [5, 5.41) is 12.0. The summed E-state index contributed by atoms with van der Waals surface area (Å²) < 4.78 is 5.32. The lowest BCUT2D eigenvalue weighted by Gasteiger charge is -2.33. The van der Waals surface area contributed by atoms with Crippen molar-refractivity contribution in [2.45, 2.75) is 44.6 Å². The Hall–Kier alpha value is -1.30. The minimum Gasteiger partial charge on any atom is -0.481 e. The molecule has 2 rings (SSSR count). The summed E-state index contributed by atoms with van der Waals surface area (Å²) in [5.41, 5.74) is 0. The molecule has 0 aromatic carbocycles. The number of likely N-dealkylation sites (tertiary alicyclic amines) is 1. The molecule has 21 heavy (non-hydrogen) atoms. The Morgan fingerprint density at radius 2 is 1.95 bits per heavy atom. The van der Waals surface area contributed by atoms with E-state index in [1.807, 2.05) is 4.90 Å². The number of aliphatic carboxylic acids is 1. The Kier molecular flexibility index (Phi) is 5.85. The second-order valence-electron chi connectivity index (χ2n) is 6.19. The van der Waals surface area contributed by atoms with Gasteiger partial charge in [-0.05, 0) is 44.4 Å². The van der Waals surface area contributed by atoms with Crippen molar-refractivity contribution in [3.63, 3.8) is 0 Å². The second kappa shape index (κ2) is 7.64. The second-order valence-corrected chi connectivity index (χ2v) is 6.19. The molecule has 0 bridgehead atoms. The standard InChI is InChI=1S/C15H26N2O4/c1-21-13-3-2-8-17(10-13)15(20)16-9-11-4-6-12(7-5-11)14(18)19/h11-13H,2-10H2,1H3,(H,16,20)(H,18,19). The molecule has 0 radical (unpaired) electrons. The zero-order chi connectivity index (χ0) is 15.2. The van der Waals surface area contributed by atoms with Crippen LogP contribution in [0.2, 0.25) is 0 Å². The molecule has 2 fully saturated rings. The maximum Gasteiger partial charge on any atom is 0.317 e. The third-order valence-electron chi connectivity index (χ3n) is 4.74. The van der Waals surface area contributed by atoms with Crippen LogP contribution in [0.4, 0.5) is 4.79 Å². The van der Waals surface area contributed by atoms with Crippen molar-refractivity contribution in [2.75, 3.05) is 26.7 Å². The molecule has 120 valence electrons. The fraction of sp³-hybridized carbons (Fsp3) is 0.867. The molecule has 2 N–H and O–H groups in total. The summed E-state index contributed by atoms with van der Waals surface area (Å²) in [7, 11) is 1.69. The number of ether oxygens (including phenoxy) is 1. The third-order valence-corrected chi connectivity index (χ3v) is 4.74. The Balaban J connectivity index is 1.68. The number of rotatable bonds is 4. The largest absolute Gasteiger partial charge is 0.481 e. The van der Waals surface area contributed by atoms with Crippen LogP contribution in [0.5, 0.6) is 0 Å². The van der Waals surface area contributed by atoms with E-state index in [9.17, 15) is 9.59 Å². The number of carbonyl (C=O) groups excluding carboxylic acids is 1. The fourth-order valence-electron chi connectivity index (χ4n) is 3.27. The van der Waals surface area contributed by atoms with E-state index in [2.05, 4.69) is 5.32 Å². The SMILES string of the molecule is COC1CCCN(C(=O)NCC2CCC(C(=O)O)CC2)C1. The molecule has 6 nitrogen and oxygen atoms in total. The Morgan fingerprint density at radius 3 is 2.57 bits per heavy atom. The van der Waals surface area contributed by atoms with Gasteiger partial charge in [-0.25, -0.2) is 4.79 Å². The molecule has 1 saturated heterocycles. The van der Waals surface area contributed by atoms with Gasteiger partial charge in [-0.2, -0.15) is 0 Å². The van der Waals surface area contributed by atoms with E-state index in [0.717, 1.165) is 45.1 Å².